The van der Waals surface area contributed by atoms with Gasteiger partial charge in [0.15, 0.2) is 0 Å². The number of nitrogens with one attached hydrogen (secondary N) is 1. The van der Waals surface area contributed by atoms with E-state index >= 15 is 0 Å². The smallest absolute Gasteiger partial charge is 0.0828 e. The largest absolute Gasteiger partial charge is 0.314 e. The Morgan fingerprint density at radius 1 is 1.53 bits per heavy atom. The molecule has 1 nitrogen and oxygen atoms in total. The van der Waals surface area contributed by atoms with Crippen LogP contribution in [0.25, 0.3) is 0 Å². The van der Waals surface area contributed by atoms with Crippen molar-refractivity contribution in [1.29, 1.82) is 0 Å². The highest BCUT2D eigenvalue weighted by atomic mass is 35.5. The lowest BCUT2D eigenvalue weighted by atomic mass is 9.96. The molecular weight excluding hydrogens is 206 g/mol. The van der Waals surface area contributed by atoms with Gasteiger partial charge in [-0.3, -0.25) is 0 Å². The number of terminal acetylenes is 1. The quantitative estimate of drug-likeness (QED) is 0.519. The zero-order valence-electron chi connectivity index (χ0n) is 8.39. The molecule has 2 bridgehead atoms. The molecule has 1 heterocycles. The third-order valence-corrected chi connectivity index (χ3v) is 4.00. The molecule has 0 aromatic heterocycles. The van der Waals surface area contributed by atoms with Crippen LogP contribution in [0.4, 0.5) is 0 Å². The highest BCUT2D eigenvalue weighted by Gasteiger charge is 2.44. The van der Waals surface area contributed by atoms with Crippen molar-refractivity contribution in [2.75, 3.05) is 13.1 Å². The number of hydrogen-bond donors (Lipinski definition) is 1. The summed E-state index contributed by atoms with van der Waals surface area (Å²) in [7, 11) is 0. The maximum absolute atomic E-state index is 6.63. The van der Waals surface area contributed by atoms with E-state index in [9.17, 15) is 0 Å². The SMILES string of the molecule is C#Cc1ccc2c(c1)C1(Cl)CNCC2C1. The first-order valence-electron chi connectivity index (χ1n) is 5.24. The van der Waals surface area contributed by atoms with E-state index in [0.29, 0.717) is 5.92 Å². The van der Waals surface area contributed by atoms with Gasteiger partial charge in [0.2, 0.25) is 0 Å². The lowest BCUT2D eigenvalue weighted by Gasteiger charge is -2.28. The molecule has 2 unspecified atom stereocenters. The second kappa shape index (κ2) is 3.01. The van der Waals surface area contributed by atoms with Gasteiger partial charge >= 0.3 is 0 Å². The standard InChI is InChI=1S/C13H12ClN/c1-2-9-3-4-11-10-6-13(14,8-15-7-10)12(11)5-9/h1,3-5,10,15H,6-8H2. The molecule has 0 amide bonds. The van der Waals surface area contributed by atoms with Gasteiger partial charge in [-0.25, -0.2) is 0 Å². The van der Waals surface area contributed by atoms with E-state index in [1.54, 1.807) is 0 Å². The molecule has 0 saturated carbocycles. The average Bonchev–Trinajstić information content (AvgIpc) is 2.46. The summed E-state index contributed by atoms with van der Waals surface area (Å²) in [5.41, 5.74) is 3.56. The minimum absolute atomic E-state index is 0.217. The maximum atomic E-state index is 6.63. The second-order valence-corrected chi connectivity index (χ2v) is 5.17. The first-order valence-corrected chi connectivity index (χ1v) is 5.61. The van der Waals surface area contributed by atoms with E-state index in [2.05, 4.69) is 23.4 Å². The third kappa shape index (κ3) is 1.22. The molecule has 0 spiro atoms. The van der Waals surface area contributed by atoms with Crippen molar-refractivity contribution >= 4 is 11.6 Å². The van der Waals surface area contributed by atoms with Gasteiger partial charge in [-0.2, -0.15) is 0 Å². The van der Waals surface area contributed by atoms with Crippen molar-refractivity contribution in [2.24, 2.45) is 0 Å². The highest BCUT2D eigenvalue weighted by molar-refractivity contribution is 6.25. The van der Waals surface area contributed by atoms with Crippen LogP contribution in [0, 0.1) is 12.3 Å². The molecule has 0 radical (unpaired) electrons. The van der Waals surface area contributed by atoms with Crippen molar-refractivity contribution in [3.63, 3.8) is 0 Å². The molecule has 15 heavy (non-hydrogen) atoms. The summed E-state index contributed by atoms with van der Waals surface area (Å²) in [6, 6.07) is 6.24. The van der Waals surface area contributed by atoms with Gasteiger partial charge in [-0.15, -0.1) is 18.0 Å². The van der Waals surface area contributed by atoms with Crippen molar-refractivity contribution in [3.05, 3.63) is 34.9 Å². The predicted molar refractivity (Wildman–Crippen MR) is 62.1 cm³/mol. The van der Waals surface area contributed by atoms with Crippen LogP contribution in [0.3, 0.4) is 0 Å². The van der Waals surface area contributed by atoms with Crippen LogP contribution in [0.2, 0.25) is 0 Å². The summed E-state index contributed by atoms with van der Waals surface area (Å²) >= 11 is 6.63. The van der Waals surface area contributed by atoms with Crippen LogP contribution in [-0.4, -0.2) is 13.1 Å². The van der Waals surface area contributed by atoms with Crippen LogP contribution in [0.1, 0.15) is 29.0 Å². The average molecular weight is 218 g/mol. The van der Waals surface area contributed by atoms with Gasteiger partial charge in [0, 0.05) is 18.7 Å². The molecule has 1 saturated heterocycles. The van der Waals surface area contributed by atoms with Crippen molar-refractivity contribution in [3.8, 4) is 12.3 Å². The van der Waals surface area contributed by atoms with Crippen molar-refractivity contribution < 1.29 is 0 Å². The number of benzene rings is 1. The fraction of sp³-hybridized carbons (Fsp3) is 0.385. The van der Waals surface area contributed by atoms with Crippen molar-refractivity contribution in [2.45, 2.75) is 17.2 Å². The number of alkyl halides is 1. The monoisotopic (exact) mass is 217 g/mol. The van der Waals surface area contributed by atoms with Crippen LogP contribution in [0.5, 0.6) is 0 Å². The van der Waals surface area contributed by atoms with Crippen LogP contribution < -0.4 is 5.32 Å². The van der Waals surface area contributed by atoms with E-state index < -0.39 is 0 Å². The molecule has 76 valence electrons. The summed E-state index contributed by atoms with van der Waals surface area (Å²) < 4.78 is 0. The molecule has 1 aliphatic heterocycles. The van der Waals surface area contributed by atoms with E-state index in [1.165, 1.54) is 11.1 Å². The molecule has 2 heteroatoms. The van der Waals surface area contributed by atoms with E-state index in [0.717, 1.165) is 25.1 Å². The Bertz CT molecular complexity index is 460. The Balaban J connectivity index is 2.20. The minimum atomic E-state index is -0.217. The minimum Gasteiger partial charge on any atom is -0.314 e. The molecule has 1 fully saturated rings. The number of halogens is 1. The summed E-state index contributed by atoms with van der Waals surface area (Å²) in [6.07, 6.45) is 6.46. The Hall–Kier alpha value is -0.970. The lowest BCUT2D eigenvalue weighted by Crippen LogP contribution is -2.37. The van der Waals surface area contributed by atoms with Gasteiger partial charge in [-0.05, 0) is 35.6 Å². The van der Waals surface area contributed by atoms with Crippen LogP contribution in [-0.2, 0) is 4.87 Å². The summed E-state index contributed by atoms with van der Waals surface area (Å²) in [5, 5.41) is 3.39. The fourth-order valence-electron chi connectivity index (χ4n) is 2.79. The highest BCUT2D eigenvalue weighted by Crippen LogP contribution is 2.50. The molecule has 1 aromatic rings. The molecule has 1 aliphatic carbocycles. The number of piperidine rings is 1. The summed E-state index contributed by atoms with van der Waals surface area (Å²) in [4.78, 5) is -0.217. The summed E-state index contributed by atoms with van der Waals surface area (Å²) in [5.74, 6) is 3.24. The van der Waals surface area contributed by atoms with Crippen LogP contribution in [0.15, 0.2) is 18.2 Å². The van der Waals surface area contributed by atoms with E-state index in [4.69, 9.17) is 18.0 Å². The molecule has 1 N–H and O–H groups in total. The van der Waals surface area contributed by atoms with Gasteiger partial charge in [0.05, 0.1) is 4.87 Å². The number of fused-ring (bicyclic) bond motifs is 5. The molecule has 1 aromatic carbocycles. The lowest BCUT2D eigenvalue weighted by molar-refractivity contribution is 0.416. The Kier molecular flexibility index (Phi) is 1.86. The van der Waals surface area contributed by atoms with Gasteiger partial charge in [0.25, 0.3) is 0 Å². The van der Waals surface area contributed by atoms with Gasteiger partial charge in [0.1, 0.15) is 0 Å². The third-order valence-electron chi connectivity index (χ3n) is 3.51. The van der Waals surface area contributed by atoms with Gasteiger partial charge in [-0.1, -0.05) is 12.0 Å². The molecule has 2 atom stereocenters. The fourth-order valence-corrected chi connectivity index (χ4v) is 3.24. The molecule has 3 rings (SSSR count). The normalized spacial score (nSPS) is 32.1. The van der Waals surface area contributed by atoms with Crippen molar-refractivity contribution in [1.82, 2.24) is 5.32 Å². The number of rotatable bonds is 0. The first-order chi connectivity index (χ1) is 7.23. The topological polar surface area (TPSA) is 12.0 Å². The second-order valence-electron chi connectivity index (χ2n) is 4.44. The Morgan fingerprint density at radius 2 is 2.40 bits per heavy atom. The Labute approximate surface area is 94.8 Å². The first kappa shape index (κ1) is 9.27. The molecular formula is C13H12ClN. The Morgan fingerprint density at radius 3 is 3.20 bits per heavy atom. The van der Waals surface area contributed by atoms with E-state index in [-0.39, 0.29) is 4.87 Å². The molecule has 2 aliphatic rings. The zero-order chi connectivity index (χ0) is 10.5. The number of hydrogen-bond acceptors (Lipinski definition) is 1. The van der Waals surface area contributed by atoms with Gasteiger partial charge < -0.3 is 5.32 Å². The predicted octanol–water partition coefficient (Wildman–Crippen LogP) is 2.19. The maximum Gasteiger partial charge on any atom is 0.0828 e. The summed E-state index contributed by atoms with van der Waals surface area (Å²) in [6.45, 7) is 1.89. The van der Waals surface area contributed by atoms with Crippen LogP contribution >= 0.6 is 11.6 Å². The zero-order valence-corrected chi connectivity index (χ0v) is 9.14. The van der Waals surface area contributed by atoms with E-state index in [1.807, 2.05) is 6.07 Å².